The minimum absolute atomic E-state index is 0.129. The van der Waals surface area contributed by atoms with Crippen molar-refractivity contribution < 1.29 is 9.21 Å². The number of nitrogens with one attached hydrogen (secondary N) is 1. The standard InChI is InChI=1S/C21H17N3O3S2/c25-17(23-14-5-3-4-13(10-14)21-28-8-9-29-21)11-24-12-22-18-15-6-1-2-7-16(15)27-19(18)20(24)26/h1-7,10,12,21H,8-9,11H2,(H,23,25). The number of carbonyl (C=O) groups excluding carboxylic acids is 1. The molecule has 2 aromatic carbocycles. The predicted octanol–water partition coefficient (Wildman–Crippen LogP) is 4.26. The summed E-state index contributed by atoms with van der Waals surface area (Å²) in [6, 6.07) is 15.2. The van der Waals surface area contributed by atoms with E-state index in [4.69, 9.17) is 4.42 Å². The van der Waals surface area contributed by atoms with Gasteiger partial charge in [-0.25, -0.2) is 4.98 Å². The summed E-state index contributed by atoms with van der Waals surface area (Å²) in [5.41, 5.74) is 2.84. The summed E-state index contributed by atoms with van der Waals surface area (Å²) >= 11 is 3.83. The number of fused-ring (bicyclic) bond motifs is 3. The SMILES string of the molecule is O=C(Cn1cnc2c(oc3ccccc32)c1=O)Nc1cccc(C2SCCS2)c1. The number of benzene rings is 2. The van der Waals surface area contributed by atoms with Crippen molar-refractivity contribution in [3.8, 4) is 0 Å². The second-order valence-corrected chi connectivity index (χ2v) is 9.43. The number of aromatic nitrogens is 2. The molecule has 2 aromatic heterocycles. The Morgan fingerprint density at radius 2 is 2.00 bits per heavy atom. The van der Waals surface area contributed by atoms with Gasteiger partial charge in [0.2, 0.25) is 11.5 Å². The Hall–Kier alpha value is -2.71. The summed E-state index contributed by atoms with van der Waals surface area (Å²) in [5.74, 6) is 2.01. The Morgan fingerprint density at radius 1 is 1.17 bits per heavy atom. The van der Waals surface area contributed by atoms with Crippen LogP contribution >= 0.6 is 23.5 Å². The maximum absolute atomic E-state index is 12.8. The molecule has 0 radical (unpaired) electrons. The molecule has 0 saturated carbocycles. The number of furan rings is 1. The highest BCUT2D eigenvalue weighted by molar-refractivity contribution is 8.19. The van der Waals surface area contributed by atoms with Gasteiger partial charge in [0.25, 0.3) is 5.56 Å². The van der Waals surface area contributed by atoms with Crippen LogP contribution < -0.4 is 10.9 Å². The molecule has 5 rings (SSSR count). The molecule has 0 bridgehead atoms. The lowest BCUT2D eigenvalue weighted by Gasteiger charge is -2.11. The van der Waals surface area contributed by atoms with Crippen molar-refractivity contribution in [2.45, 2.75) is 11.1 Å². The Bertz CT molecular complexity index is 1280. The minimum Gasteiger partial charge on any atom is -0.448 e. The van der Waals surface area contributed by atoms with Crippen molar-refractivity contribution >= 4 is 57.2 Å². The fraction of sp³-hybridized carbons (Fsp3) is 0.190. The summed E-state index contributed by atoms with van der Waals surface area (Å²) in [7, 11) is 0. The van der Waals surface area contributed by atoms with E-state index in [0.717, 1.165) is 22.6 Å². The molecule has 8 heteroatoms. The van der Waals surface area contributed by atoms with E-state index < -0.39 is 0 Å². The lowest BCUT2D eigenvalue weighted by Crippen LogP contribution is -2.27. The van der Waals surface area contributed by atoms with Gasteiger partial charge in [0, 0.05) is 22.6 Å². The van der Waals surface area contributed by atoms with E-state index in [1.54, 1.807) is 6.07 Å². The van der Waals surface area contributed by atoms with Gasteiger partial charge in [-0.2, -0.15) is 0 Å². The fourth-order valence-electron chi connectivity index (χ4n) is 3.40. The molecule has 1 aliphatic rings. The summed E-state index contributed by atoms with van der Waals surface area (Å²) < 4.78 is 7.35. The van der Waals surface area contributed by atoms with Gasteiger partial charge in [-0.1, -0.05) is 24.3 Å². The van der Waals surface area contributed by atoms with Crippen LogP contribution in [0.2, 0.25) is 0 Å². The molecule has 1 amide bonds. The third-order valence-electron chi connectivity index (χ3n) is 4.73. The molecule has 1 aliphatic heterocycles. The van der Waals surface area contributed by atoms with Crippen molar-refractivity contribution in [1.29, 1.82) is 0 Å². The number of rotatable bonds is 4. The smallest absolute Gasteiger partial charge is 0.297 e. The molecule has 0 spiro atoms. The Balaban J connectivity index is 1.37. The highest BCUT2D eigenvalue weighted by Crippen LogP contribution is 2.45. The van der Waals surface area contributed by atoms with Crippen molar-refractivity contribution in [2.24, 2.45) is 0 Å². The molecule has 0 aliphatic carbocycles. The van der Waals surface area contributed by atoms with Crippen LogP contribution in [0.4, 0.5) is 5.69 Å². The van der Waals surface area contributed by atoms with Crippen LogP contribution in [-0.4, -0.2) is 27.0 Å². The van der Waals surface area contributed by atoms with Crippen molar-refractivity contribution in [3.05, 3.63) is 70.8 Å². The second-order valence-electron chi connectivity index (χ2n) is 6.70. The number of nitrogens with zero attached hydrogens (tertiary/aromatic N) is 2. The zero-order valence-corrected chi connectivity index (χ0v) is 17.0. The maximum Gasteiger partial charge on any atom is 0.297 e. The lowest BCUT2D eigenvalue weighted by molar-refractivity contribution is -0.116. The van der Waals surface area contributed by atoms with Crippen LogP contribution in [0.25, 0.3) is 22.1 Å². The van der Waals surface area contributed by atoms with E-state index in [0.29, 0.717) is 15.7 Å². The van der Waals surface area contributed by atoms with Crippen molar-refractivity contribution in [3.63, 3.8) is 0 Å². The predicted molar refractivity (Wildman–Crippen MR) is 119 cm³/mol. The molecule has 3 heterocycles. The van der Waals surface area contributed by atoms with Gasteiger partial charge >= 0.3 is 0 Å². The molecule has 1 fully saturated rings. The molecule has 6 nitrogen and oxygen atoms in total. The molecule has 0 unspecified atom stereocenters. The number of carbonyl (C=O) groups is 1. The van der Waals surface area contributed by atoms with E-state index >= 15 is 0 Å². The van der Waals surface area contributed by atoms with Gasteiger partial charge in [-0.3, -0.25) is 14.2 Å². The van der Waals surface area contributed by atoms with E-state index in [-0.39, 0.29) is 23.6 Å². The zero-order valence-electron chi connectivity index (χ0n) is 15.3. The molecule has 146 valence electrons. The number of hydrogen-bond donors (Lipinski definition) is 1. The monoisotopic (exact) mass is 423 g/mol. The van der Waals surface area contributed by atoms with E-state index in [9.17, 15) is 9.59 Å². The Labute approximate surface area is 174 Å². The highest BCUT2D eigenvalue weighted by Gasteiger charge is 2.19. The summed E-state index contributed by atoms with van der Waals surface area (Å²) in [6.45, 7) is -0.129. The second kappa shape index (κ2) is 7.61. The van der Waals surface area contributed by atoms with Crippen LogP contribution in [0.1, 0.15) is 10.1 Å². The van der Waals surface area contributed by atoms with Gasteiger partial charge in [0.15, 0.2) is 0 Å². The first-order chi connectivity index (χ1) is 14.2. The molecular formula is C21H17N3O3S2. The summed E-state index contributed by atoms with van der Waals surface area (Å²) in [4.78, 5) is 29.6. The average Bonchev–Trinajstić information content (AvgIpc) is 3.39. The summed E-state index contributed by atoms with van der Waals surface area (Å²) in [5, 5.41) is 3.67. The topological polar surface area (TPSA) is 77.1 Å². The van der Waals surface area contributed by atoms with E-state index in [1.807, 2.05) is 59.9 Å². The van der Waals surface area contributed by atoms with Gasteiger partial charge in [-0.15, -0.1) is 23.5 Å². The van der Waals surface area contributed by atoms with Crippen LogP contribution in [-0.2, 0) is 11.3 Å². The van der Waals surface area contributed by atoms with Crippen LogP contribution in [0.5, 0.6) is 0 Å². The number of para-hydroxylation sites is 1. The molecule has 29 heavy (non-hydrogen) atoms. The number of anilines is 1. The minimum atomic E-state index is -0.367. The van der Waals surface area contributed by atoms with Gasteiger partial charge < -0.3 is 9.73 Å². The lowest BCUT2D eigenvalue weighted by atomic mass is 10.2. The highest BCUT2D eigenvalue weighted by atomic mass is 32.2. The first kappa shape index (κ1) is 18.3. The van der Waals surface area contributed by atoms with Crippen LogP contribution in [0.3, 0.4) is 0 Å². The summed E-state index contributed by atoms with van der Waals surface area (Å²) in [6.07, 6.45) is 1.40. The largest absolute Gasteiger partial charge is 0.448 e. The molecule has 1 saturated heterocycles. The zero-order chi connectivity index (χ0) is 19.8. The van der Waals surface area contributed by atoms with Crippen molar-refractivity contribution in [1.82, 2.24) is 9.55 Å². The first-order valence-corrected chi connectivity index (χ1v) is 11.3. The third-order valence-corrected chi connectivity index (χ3v) is 7.83. The normalized spacial score (nSPS) is 14.6. The van der Waals surface area contributed by atoms with Crippen LogP contribution in [0, 0.1) is 0 Å². The third kappa shape index (κ3) is 3.54. The average molecular weight is 424 g/mol. The maximum atomic E-state index is 12.8. The van der Waals surface area contributed by atoms with Crippen molar-refractivity contribution in [2.75, 3.05) is 16.8 Å². The molecule has 4 aromatic rings. The fourth-order valence-corrected chi connectivity index (χ4v) is 6.24. The van der Waals surface area contributed by atoms with E-state index in [2.05, 4.69) is 16.4 Å². The Morgan fingerprint density at radius 3 is 2.86 bits per heavy atom. The molecule has 1 N–H and O–H groups in total. The Kier molecular flexibility index (Phi) is 4.81. The van der Waals surface area contributed by atoms with Crippen LogP contribution in [0.15, 0.2) is 64.1 Å². The van der Waals surface area contributed by atoms with E-state index in [1.165, 1.54) is 16.5 Å². The van der Waals surface area contributed by atoms with Gasteiger partial charge in [-0.05, 0) is 29.8 Å². The number of hydrogen-bond acceptors (Lipinski definition) is 6. The number of amides is 1. The molecular weight excluding hydrogens is 406 g/mol. The molecule has 0 atom stereocenters. The number of thioether (sulfide) groups is 2. The van der Waals surface area contributed by atoms with Gasteiger partial charge in [0.05, 0.1) is 10.9 Å². The first-order valence-electron chi connectivity index (χ1n) is 9.19. The quantitative estimate of drug-likeness (QED) is 0.529. The van der Waals surface area contributed by atoms with Gasteiger partial charge in [0.1, 0.15) is 17.6 Å².